The van der Waals surface area contributed by atoms with Crippen molar-refractivity contribution in [1.29, 1.82) is 0 Å². The van der Waals surface area contributed by atoms with Crippen LogP contribution >= 0.6 is 11.8 Å². The van der Waals surface area contributed by atoms with Crippen molar-refractivity contribution >= 4 is 27.0 Å². The van der Waals surface area contributed by atoms with Crippen molar-refractivity contribution in [1.82, 2.24) is 0 Å². The summed E-state index contributed by atoms with van der Waals surface area (Å²) in [7, 11) is -3.30. The maximum atomic E-state index is 11.0. The number of hydrogen-bond acceptors (Lipinski definition) is 4. The number of nitrogens with zero attached hydrogens (tertiary/aromatic N) is 1. The van der Waals surface area contributed by atoms with E-state index in [1.54, 1.807) is 6.07 Å². The van der Waals surface area contributed by atoms with Gasteiger partial charge in [-0.05, 0) is 36.4 Å². The standard InChI is InChI=1S/C9H9NO3S2/c1-7-3-2-4-8(5-7)13-9-10-15(11,12)6-14-9/h2-5H,6H2,1H3. The first kappa shape index (κ1) is 10.5. The van der Waals surface area contributed by atoms with Gasteiger partial charge in [0.1, 0.15) is 10.8 Å². The molecular formula is C9H9NO3S2. The van der Waals surface area contributed by atoms with Crippen LogP contribution in [0.5, 0.6) is 5.75 Å². The lowest BCUT2D eigenvalue weighted by molar-refractivity contribution is 0.565. The van der Waals surface area contributed by atoms with E-state index >= 15 is 0 Å². The lowest BCUT2D eigenvalue weighted by atomic mass is 10.2. The maximum absolute atomic E-state index is 11.0. The Bertz CT molecular complexity index is 508. The lowest BCUT2D eigenvalue weighted by Crippen LogP contribution is -2.00. The van der Waals surface area contributed by atoms with Crippen LogP contribution in [0.3, 0.4) is 0 Å². The van der Waals surface area contributed by atoms with Crippen LogP contribution in [0.25, 0.3) is 0 Å². The van der Waals surface area contributed by atoms with E-state index in [0.29, 0.717) is 5.75 Å². The Morgan fingerprint density at radius 1 is 1.47 bits per heavy atom. The number of rotatable bonds is 1. The van der Waals surface area contributed by atoms with Gasteiger partial charge in [0.15, 0.2) is 0 Å². The van der Waals surface area contributed by atoms with E-state index in [9.17, 15) is 8.42 Å². The molecule has 1 aliphatic rings. The number of aryl methyl sites for hydroxylation is 1. The van der Waals surface area contributed by atoms with E-state index in [0.717, 1.165) is 17.3 Å². The van der Waals surface area contributed by atoms with Gasteiger partial charge in [-0.3, -0.25) is 0 Å². The zero-order chi connectivity index (χ0) is 10.9. The molecule has 0 amide bonds. The second kappa shape index (κ2) is 3.86. The average Bonchev–Trinajstić information content (AvgIpc) is 2.45. The highest BCUT2D eigenvalue weighted by atomic mass is 32.3. The Kier molecular flexibility index (Phi) is 2.70. The van der Waals surface area contributed by atoms with E-state index in [4.69, 9.17) is 4.74 Å². The summed E-state index contributed by atoms with van der Waals surface area (Å²) < 4.78 is 30.8. The minimum Gasteiger partial charge on any atom is -0.433 e. The van der Waals surface area contributed by atoms with Gasteiger partial charge >= 0.3 is 0 Å². The molecule has 4 nitrogen and oxygen atoms in total. The minimum absolute atomic E-state index is 0.0336. The Hall–Kier alpha value is -1.01. The van der Waals surface area contributed by atoms with E-state index in [-0.39, 0.29) is 10.3 Å². The van der Waals surface area contributed by atoms with E-state index < -0.39 is 10.0 Å². The normalized spacial score (nSPS) is 18.6. The van der Waals surface area contributed by atoms with Crippen molar-refractivity contribution in [2.24, 2.45) is 4.40 Å². The predicted octanol–water partition coefficient (Wildman–Crippen LogP) is 1.76. The summed E-state index contributed by atoms with van der Waals surface area (Å²) in [4.78, 5) is 0. The van der Waals surface area contributed by atoms with Crippen LogP contribution in [0.4, 0.5) is 0 Å². The summed E-state index contributed by atoms with van der Waals surface area (Å²) in [5, 5.41) is 0.161. The van der Waals surface area contributed by atoms with Gasteiger partial charge in [0, 0.05) is 0 Å². The van der Waals surface area contributed by atoms with Crippen LogP contribution in [0, 0.1) is 6.92 Å². The quantitative estimate of drug-likeness (QED) is 0.754. The average molecular weight is 243 g/mol. The Morgan fingerprint density at radius 2 is 2.27 bits per heavy atom. The maximum Gasteiger partial charge on any atom is 0.268 e. The first-order valence-corrected chi connectivity index (χ1v) is 6.85. The molecule has 0 atom stereocenters. The fourth-order valence-electron chi connectivity index (χ4n) is 1.12. The summed E-state index contributed by atoms with van der Waals surface area (Å²) in [5.41, 5.74) is 1.05. The van der Waals surface area contributed by atoms with Crippen LogP contribution in [0.15, 0.2) is 28.7 Å². The summed E-state index contributed by atoms with van der Waals surface area (Å²) >= 11 is 1.09. The monoisotopic (exact) mass is 243 g/mol. The molecule has 1 aliphatic heterocycles. The molecule has 80 valence electrons. The van der Waals surface area contributed by atoms with Crippen LogP contribution in [0.1, 0.15) is 5.56 Å². The first-order chi connectivity index (χ1) is 7.05. The smallest absolute Gasteiger partial charge is 0.268 e. The molecule has 1 heterocycles. The molecule has 2 rings (SSSR count). The topological polar surface area (TPSA) is 55.7 Å². The number of hydrogen-bond donors (Lipinski definition) is 0. The fraction of sp³-hybridized carbons (Fsp3) is 0.222. The zero-order valence-corrected chi connectivity index (χ0v) is 9.64. The highest BCUT2D eigenvalue weighted by Gasteiger charge is 2.22. The minimum atomic E-state index is -3.30. The van der Waals surface area contributed by atoms with Gasteiger partial charge in [-0.1, -0.05) is 12.1 Å². The van der Waals surface area contributed by atoms with E-state index in [2.05, 4.69) is 4.40 Å². The van der Waals surface area contributed by atoms with Crippen molar-refractivity contribution in [3.8, 4) is 5.75 Å². The molecule has 1 aromatic rings. The van der Waals surface area contributed by atoms with Gasteiger partial charge in [0.05, 0.1) is 0 Å². The van der Waals surface area contributed by atoms with Gasteiger partial charge in [-0.15, -0.1) is 4.40 Å². The molecule has 0 aromatic heterocycles. The van der Waals surface area contributed by atoms with Crippen molar-refractivity contribution in [2.75, 3.05) is 5.08 Å². The van der Waals surface area contributed by atoms with Gasteiger partial charge in [-0.25, -0.2) is 8.42 Å². The molecule has 6 heteroatoms. The zero-order valence-electron chi connectivity index (χ0n) is 8.00. The van der Waals surface area contributed by atoms with Crippen molar-refractivity contribution in [2.45, 2.75) is 6.92 Å². The predicted molar refractivity (Wildman–Crippen MR) is 60.6 cm³/mol. The fourth-order valence-corrected chi connectivity index (χ4v) is 3.30. The second-order valence-corrected chi connectivity index (χ2v) is 6.05. The highest BCUT2D eigenvalue weighted by molar-refractivity contribution is 8.24. The summed E-state index contributed by atoms with van der Waals surface area (Å²) in [6, 6.07) is 7.38. The van der Waals surface area contributed by atoms with Gasteiger partial charge in [0.25, 0.3) is 15.3 Å². The number of sulfonamides is 1. The van der Waals surface area contributed by atoms with Gasteiger partial charge in [-0.2, -0.15) is 0 Å². The summed E-state index contributed by atoms with van der Waals surface area (Å²) in [5.74, 6) is 0.610. The molecule has 0 fully saturated rings. The van der Waals surface area contributed by atoms with Crippen LogP contribution < -0.4 is 4.74 Å². The molecule has 0 bridgehead atoms. The molecule has 0 N–H and O–H groups in total. The Morgan fingerprint density at radius 3 is 2.87 bits per heavy atom. The van der Waals surface area contributed by atoms with Gasteiger partial charge in [0.2, 0.25) is 0 Å². The molecular weight excluding hydrogens is 234 g/mol. The molecule has 0 unspecified atom stereocenters. The molecule has 15 heavy (non-hydrogen) atoms. The largest absolute Gasteiger partial charge is 0.433 e. The Balaban J connectivity index is 2.17. The van der Waals surface area contributed by atoms with Crippen LogP contribution in [-0.4, -0.2) is 18.7 Å². The van der Waals surface area contributed by atoms with E-state index in [1.165, 1.54) is 0 Å². The molecule has 0 radical (unpaired) electrons. The summed E-state index contributed by atoms with van der Waals surface area (Å²) in [6.45, 7) is 1.94. The number of ether oxygens (including phenoxy) is 1. The molecule has 0 aliphatic carbocycles. The molecule has 0 saturated heterocycles. The second-order valence-electron chi connectivity index (χ2n) is 3.12. The highest BCUT2D eigenvalue weighted by Crippen LogP contribution is 2.23. The van der Waals surface area contributed by atoms with Crippen LogP contribution in [-0.2, 0) is 10.0 Å². The molecule has 1 aromatic carbocycles. The first-order valence-electron chi connectivity index (χ1n) is 4.25. The summed E-state index contributed by atoms with van der Waals surface area (Å²) in [6.07, 6.45) is 0. The van der Waals surface area contributed by atoms with Crippen molar-refractivity contribution in [3.05, 3.63) is 29.8 Å². The Labute approximate surface area is 92.4 Å². The van der Waals surface area contributed by atoms with Gasteiger partial charge < -0.3 is 4.74 Å². The van der Waals surface area contributed by atoms with Crippen molar-refractivity contribution < 1.29 is 13.2 Å². The third-order valence-corrected chi connectivity index (χ3v) is 4.38. The third-order valence-electron chi connectivity index (χ3n) is 1.74. The van der Waals surface area contributed by atoms with Crippen molar-refractivity contribution in [3.63, 3.8) is 0 Å². The molecule has 0 saturated carbocycles. The lowest BCUT2D eigenvalue weighted by Gasteiger charge is -2.02. The third kappa shape index (κ3) is 2.73. The van der Waals surface area contributed by atoms with E-state index in [1.807, 2.05) is 25.1 Å². The van der Waals surface area contributed by atoms with Crippen LogP contribution in [0.2, 0.25) is 0 Å². The number of benzene rings is 1. The number of thioether (sulfide) groups is 1. The molecule has 0 spiro atoms. The SMILES string of the molecule is Cc1cccc(OC2=NS(=O)(=O)CS2)c1.